The minimum absolute atomic E-state index is 0.389. The standard InChI is InChI=1S/C25H37NO2/c1-18-4-2-3-9-26(18)16-23(27)17-28-24-7-5-22(6-8-24)25-13-19-10-20(14-25)12-21(11-19)15-25/h5-8,18-21,23,27H,2-4,9-17H2,1H3/t18-,19?,20?,21?,23-,25?/m0/s1. The summed E-state index contributed by atoms with van der Waals surface area (Å²) in [6.07, 6.45) is 12.1. The van der Waals surface area contributed by atoms with Gasteiger partial charge in [0.1, 0.15) is 18.5 Å². The highest BCUT2D eigenvalue weighted by Crippen LogP contribution is 2.60. The summed E-state index contributed by atoms with van der Waals surface area (Å²) in [6, 6.07) is 9.51. The maximum atomic E-state index is 10.4. The lowest BCUT2D eigenvalue weighted by molar-refractivity contribution is -0.00522. The number of likely N-dealkylation sites (tertiary alicyclic amines) is 1. The number of ether oxygens (including phenoxy) is 1. The van der Waals surface area contributed by atoms with Crippen LogP contribution in [-0.2, 0) is 5.41 Å². The van der Waals surface area contributed by atoms with Crippen molar-refractivity contribution >= 4 is 0 Å². The number of piperidine rings is 1. The molecule has 5 aliphatic rings. The van der Waals surface area contributed by atoms with Crippen LogP contribution in [-0.4, -0.2) is 41.8 Å². The van der Waals surface area contributed by atoms with Crippen LogP contribution in [0.5, 0.6) is 5.75 Å². The smallest absolute Gasteiger partial charge is 0.119 e. The monoisotopic (exact) mass is 383 g/mol. The molecule has 1 aromatic carbocycles. The van der Waals surface area contributed by atoms with Crippen molar-refractivity contribution in [3.05, 3.63) is 29.8 Å². The van der Waals surface area contributed by atoms with Gasteiger partial charge in [-0.3, -0.25) is 4.90 Å². The molecule has 154 valence electrons. The van der Waals surface area contributed by atoms with Crippen LogP contribution in [0.4, 0.5) is 0 Å². The summed E-state index contributed by atoms with van der Waals surface area (Å²) in [5.41, 5.74) is 2.00. The van der Waals surface area contributed by atoms with Gasteiger partial charge in [0, 0.05) is 12.6 Å². The van der Waals surface area contributed by atoms with E-state index in [4.69, 9.17) is 4.74 Å². The quantitative estimate of drug-likeness (QED) is 0.768. The molecule has 4 bridgehead atoms. The van der Waals surface area contributed by atoms with E-state index < -0.39 is 6.10 Å². The maximum absolute atomic E-state index is 10.4. The van der Waals surface area contributed by atoms with E-state index in [2.05, 4.69) is 36.1 Å². The molecule has 0 radical (unpaired) electrons. The third-order valence-electron chi connectivity index (χ3n) is 8.33. The molecule has 0 unspecified atom stereocenters. The highest BCUT2D eigenvalue weighted by atomic mass is 16.5. The Kier molecular flexibility index (Phi) is 5.17. The third-order valence-corrected chi connectivity index (χ3v) is 8.33. The second kappa shape index (κ2) is 7.65. The van der Waals surface area contributed by atoms with Crippen molar-refractivity contribution in [3.8, 4) is 5.75 Å². The van der Waals surface area contributed by atoms with Crippen LogP contribution in [0.1, 0.15) is 70.3 Å². The van der Waals surface area contributed by atoms with Crippen molar-refractivity contribution in [2.24, 2.45) is 17.8 Å². The lowest BCUT2D eigenvalue weighted by atomic mass is 9.48. The van der Waals surface area contributed by atoms with E-state index in [1.807, 2.05) is 0 Å². The molecule has 0 aromatic heterocycles. The fraction of sp³-hybridized carbons (Fsp3) is 0.760. The third kappa shape index (κ3) is 3.73. The number of nitrogens with zero attached hydrogens (tertiary/aromatic N) is 1. The molecule has 5 fully saturated rings. The summed E-state index contributed by atoms with van der Waals surface area (Å²) in [5.74, 6) is 3.85. The van der Waals surface area contributed by atoms with Gasteiger partial charge in [-0.05, 0) is 106 Å². The average Bonchev–Trinajstić information content (AvgIpc) is 2.67. The van der Waals surface area contributed by atoms with Crippen molar-refractivity contribution < 1.29 is 9.84 Å². The van der Waals surface area contributed by atoms with Crippen LogP contribution in [0.3, 0.4) is 0 Å². The van der Waals surface area contributed by atoms with E-state index in [9.17, 15) is 5.11 Å². The Bertz CT molecular complexity index is 634. The minimum Gasteiger partial charge on any atom is -0.491 e. The number of rotatable bonds is 6. The van der Waals surface area contributed by atoms with Gasteiger partial charge in [-0.25, -0.2) is 0 Å². The zero-order chi connectivity index (χ0) is 19.1. The number of aliphatic hydroxyl groups is 1. The van der Waals surface area contributed by atoms with Crippen LogP contribution >= 0.6 is 0 Å². The highest BCUT2D eigenvalue weighted by Gasteiger charge is 2.51. The van der Waals surface area contributed by atoms with Gasteiger partial charge >= 0.3 is 0 Å². The first-order valence-corrected chi connectivity index (χ1v) is 11.8. The topological polar surface area (TPSA) is 32.7 Å². The molecule has 3 heteroatoms. The van der Waals surface area contributed by atoms with Gasteiger partial charge in [-0.2, -0.15) is 0 Å². The first-order chi connectivity index (χ1) is 13.6. The minimum atomic E-state index is -0.414. The maximum Gasteiger partial charge on any atom is 0.119 e. The first kappa shape index (κ1) is 18.9. The fourth-order valence-corrected chi connectivity index (χ4v) is 7.31. The van der Waals surface area contributed by atoms with Crippen LogP contribution in [0.25, 0.3) is 0 Å². The molecular weight excluding hydrogens is 346 g/mol. The second-order valence-corrected chi connectivity index (χ2v) is 10.5. The van der Waals surface area contributed by atoms with E-state index in [1.54, 1.807) is 5.56 Å². The fourth-order valence-electron chi connectivity index (χ4n) is 7.31. The van der Waals surface area contributed by atoms with Gasteiger partial charge in [0.25, 0.3) is 0 Å². The van der Waals surface area contributed by atoms with E-state index >= 15 is 0 Å². The average molecular weight is 384 g/mol. The van der Waals surface area contributed by atoms with E-state index in [0.29, 0.717) is 18.1 Å². The molecule has 0 spiro atoms. The highest BCUT2D eigenvalue weighted by molar-refractivity contribution is 5.34. The van der Waals surface area contributed by atoms with Crippen molar-refractivity contribution in [2.75, 3.05) is 19.7 Å². The zero-order valence-electron chi connectivity index (χ0n) is 17.5. The van der Waals surface area contributed by atoms with Crippen LogP contribution in [0.15, 0.2) is 24.3 Å². The Morgan fingerprint density at radius 2 is 1.68 bits per heavy atom. The lowest BCUT2D eigenvalue weighted by Crippen LogP contribution is -2.48. The summed E-state index contributed by atoms with van der Waals surface area (Å²) >= 11 is 0. The molecule has 4 aliphatic carbocycles. The summed E-state index contributed by atoms with van der Waals surface area (Å²) in [7, 11) is 0. The van der Waals surface area contributed by atoms with Gasteiger partial charge in [0.05, 0.1) is 0 Å². The molecule has 1 N–H and O–H groups in total. The SMILES string of the molecule is C[C@H]1CCCCN1C[C@H](O)COc1ccc(C23CC4CC(CC(C4)C2)C3)cc1. The number of β-amino-alcohol motifs (C(OH)–C–C–N with tert-alkyl or cyclic N) is 1. The van der Waals surface area contributed by atoms with Gasteiger partial charge < -0.3 is 9.84 Å². The second-order valence-electron chi connectivity index (χ2n) is 10.5. The Hall–Kier alpha value is -1.06. The number of hydrogen-bond donors (Lipinski definition) is 1. The summed E-state index contributed by atoms with van der Waals surface area (Å²) in [6.45, 7) is 4.50. The molecule has 3 nitrogen and oxygen atoms in total. The van der Waals surface area contributed by atoms with Crippen molar-refractivity contribution in [1.29, 1.82) is 0 Å². The van der Waals surface area contributed by atoms with Crippen LogP contribution in [0, 0.1) is 17.8 Å². The molecule has 4 saturated carbocycles. The molecule has 1 aromatic rings. The normalized spacial score (nSPS) is 38.5. The Balaban J connectivity index is 1.17. The first-order valence-electron chi connectivity index (χ1n) is 11.8. The van der Waals surface area contributed by atoms with E-state index in [-0.39, 0.29) is 0 Å². The molecule has 1 heterocycles. The number of hydrogen-bond acceptors (Lipinski definition) is 3. The van der Waals surface area contributed by atoms with Gasteiger partial charge in [-0.1, -0.05) is 18.6 Å². The molecule has 6 rings (SSSR count). The lowest BCUT2D eigenvalue weighted by Gasteiger charge is -2.57. The summed E-state index contributed by atoms with van der Waals surface area (Å²) in [5, 5.41) is 10.4. The van der Waals surface area contributed by atoms with Crippen molar-refractivity contribution in [1.82, 2.24) is 4.90 Å². The van der Waals surface area contributed by atoms with Gasteiger partial charge in [0.2, 0.25) is 0 Å². The Morgan fingerprint density at radius 3 is 2.29 bits per heavy atom. The molecule has 2 atom stereocenters. The zero-order valence-corrected chi connectivity index (χ0v) is 17.5. The predicted molar refractivity (Wildman–Crippen MR) is 113 cm³/mol. The van der Waals surface area contributed by atoms with E-state index in [0.717, 1.165) is 36.6 Å². The Morgan fingerprint density at radius 1 is 1.04 bits per heavy atom. The predicted octanol–water partition coefficient (Wildman–Crippen LogP) is 4.77. The molecule has 1 saturated heterocycles. The van der Waals surface area contributed by atoms with E-state index in [1.165, 1.54) is 57.8 Å². The molecular formula is C25H37NO2. The molecule has 0 amide bonds. The molecule has 28 heavy (non-hydrogen) atoms. The summed E-state index contributed by atoms with van der Waals surface area (Å²) < 4.78 is 5.94. The van der Waals surface area contributed by atoms with Gasteiger partial charge in [-0.15, -0.1) is 0 Å². The Labute approximate surface area is 170 Å². The van der Waals surface area contributed by atoms with Crippen molar-refractivity contribution in [2.45, 2.75) is 82.3 Å². The number of benzene rings is 1. The summed E-state index contributed by atoms with van der Waals surface area (Å²) in [4.78, 5) is 2.41. The van der Waals surface area contributed by atoms with Gasteiger partial charge in [0.15, 0.2) is 0 Å². The van der Waals surface area contributed by atoms with Crippen molar-refractivity contribution in [3.63, 3.8) is 0 Å². The number of aliphatic hydroxyl groups excluding tert-OH is 1. The van der Waals surface area contributed by atoms with Crippen LogP contribution in [0.2, 0.25) is 0 Å². The largest absolute Gasteiger partial charge is 0.491 e. The molecule has 1 aliphatic heterocycles. The van der Waals surface area contributed by atoms with Crippen LogP contribution < -0.4 is 4.74 Å².